The zero-order valence-corrected chi connectivity index (χ0v) is 14.0. The smallest absolute Gasteiger partial charge is 0.0468 e. The monoisotopic (exact) mass is 288 g/mol. The van der Waals surface area contributed by atoms with Gasteiger partial charge in [0.1, 0.15) is 0 Å². The van der Waals surface area contributed by atoms with E-state index in [0.29, 0.717) is 11.1 Å². The zero-order valence-electron chi connectivity index (χ0n) is 12.6. The third-order valence-corrected chi connectivity index (χ3v) is 7.45. The summed E-state index contributed by atoms with van der Waals surface area (Å²) in [4.78, 5) is 0. The summed E-state index contributed by atoms with van der Waals surface area (Å²) in [5.41, 5.74) is 10.3. The maximum Gasteiger partial charge on any atom is 0.0468 e. The summed E-state index contributed by atoms with van der Waals surface area (Å²) >= 11 is 0. The van der Waals surface area contributed by atoms with E-state index in [1.165, 1.54) is 22.3 Å². The molecule has 0 amide bonds. The summed E-state index contributed by atoms with van der Waals surface area (Å²) in [6.45, 7) is 4.45. The number of fused-ring (bicyclic) bond motifs is 2. The molecule has 0 N–H and O–H groups in total. The molecule has 0 nitrogen and oxygen atoms in total. The lowest BCUT2D eigenvalue weighted by molar-refractivity contribution is 1.12. The van der Waals surface area contributed by atoms with Crippen LogP contribution in [0.25, 0.3) is 12.2 Å². The molecule has 0 aromatic heterocycles. The minimum atomic E-state index is -0.259. The molecule has 0 fully saturated rings. The maximum absolute atomic E-state index is 2.45. The van der Waals surface area contributed by atoms with Crippen molar-refractivity contribution >= 4 is 21.7 Å². The first kappa shape index (κ1) is 12.8. The van der Waals surface area contributed by atoms with Gasteiger partial charge in [-0.25, -0.2) is 0 Å². The lowest BCUT2D eigenvalue weighted by Gasteiger charge is -2.17. The Morgan fingerprint density at radius 2 is 1.19 bits per heavy atom. The van der Waals surface area contributed by atoms with Crippen molar-refractivity contribution in [1.29, 1.82) is 0 Å². The predicted molar refractivity (Wildman–Crippen MR) is 94.5 cm³/mol. The minimum absolute atomic E-state index is 0.259. The van der Waals surface area contributed by atoms with Gasteiger partial charge in [0.05, 0.1) is 0 Å². The van der Waals surface area contributed by atoms with Crippen LogP contribution in [0, 0.1) is 13.8 Å². The lowest BCUT2D eigenvalue weighted by Crippen LogP contribution is -2.12. The van der Waals surface area contributed by atoms with Gasteiger partial charge in [0.2, 0.25) is 0 Å². The molecule has 2 aliphatic rings. The SMILES string of the molecule is Cc1cccc2c1C=CC2[SiH2]C1C=Cc2c(C)cccc21. The van der Waals surface area contributed by atoms with E-state index in [1.807, 2.05) is 0 Å². The molecular weight excluding hydrogens is 268 g/mol. The predicted octanol–water partition coefficient (Wildman–Crippen LogP) is 4.31. The standard InChI is InChI=1S/C20H20Si/c1-13-5-3-7-17-15(13)9-11-19(17)21-20-12-10-16-14(2)6-4-8-18(16)20/h3-12,19-20H,21H2,1-2H3. The normalized spacial score (nSPS) is 22.2. The number of benzene rings is 2. The van der Waals surface area contributed by atoms with E-state index >= 15 is 0 Å². The van der Waals surface area contributed by atoms with E-state index in [4.69, 9.17) is 0 Å². The van der Waals surface area contributed by atoms with Gasteiger partial charge in [0, 0.05) is 9.52 Å². The van der Waals surface area contributed by atoms with Crippen molar-refractivity contribution in [2.24, 2.45) is 0 Å². The summed E-state index contributed by atoms with van der Waals surface area (Å²) in [5.74, 6) is 0. The van der Waals surface area contributed by atoms with Gasteiger partial charge >= 0.3 is 0 Å². The molecule has 0 bridgehead atoms. The first-order valence-corrected chi connectivity index (χ1v) is 9.43. The van der Waals surface area contributed by atoms with Crippen LogP contribution in [0.3, 0.4) is 0 Å². The van der Waals surface area contributed by atoms with E-state index < -0.39 is 0 Å². The van der Waals surface area contributed by atoms with Gasteiger partial charge in [-0.3, -0.25) is 0 Å². The van der Waals surface area contributed by atoms with E-state index in [0.717, 1.165) is 0 Å². The maximum atomic E-state index is 2.45. The van der Waals surface area contributed by atoms with Crippen LogP contribution >= 0.6 is 0 Å². The van der Waals surface area contributed by atoms with E-state index in [2.05, 4.69) is 74.5 Å². The molecule has 21 heavy (non-hydrogen) atoms. The summed E-state index contributed by atoms with van der Waals surface area (Å²) in [5, 5.41) is 0. The molecule has 0 radical (unpaired) electrons. The fourth-order valence-corrected chi connectivity index (χ4v) is 6.18. The molecule has 0 heterocycles. The van der Waals surface area contributed by atoms with Gasteiger partial charge in [0.15, 0.2) is 0 Å². The van der Waals surface area contributed by atoms with Crippen molar-refractivity contribution in [3.8, 4) is 0 Å². The van der Waals surface area contributed by atoms with Crippen LogP contribution in [-0.2, 0) is 0 Å². The Bertz CT molecular complexity index is 702. The Morgan fingerprint density at radius 3 is 1.67 bits per heavy atom. The topological polar surface area (TPSA) is 0 Å². The van der Waals surface area contributed by atoms with Gasteiger partial charge < -0.3 is 0 Å². The van der Waals surface area contributed by atoms with Gasteiger partial charge in [0.25, 0.3) is 0 Å². The second-order valence-electron chi connectivity index (χ2n) is 6.32. The molecule has 2 aromatic carbocycles. The molecule has 1 heteroatoms. The quantitative estimate of drug-likeness (QED) is 0.722. The molecule has 2 aromatic rings. The number of hydrogen-bond acceptors (Lipinski definition) is 0. The summed E-state index contributed by atoms with van der Waals surface area (Å²) in [7, 11) is -0.259. The van der Waals surface area contributed by atoms with Crippen LogP contribution in [-0.4, -0.2) is 9.52 Å². The first-order chi connectivity index (χ1) is 10.2. The molecule has 0 spiro atoms. The van der Waals surface area contributed by atoms with Crippen molar-refractivity contribution in [3.05, 3.63) is 81.9 Å². The van der Waals surface area contributed by atoms with Gasteiger partial charge in [-0.15, -0.1) is 0 Å². The summed E-state index contributed by atoms with van der Waals surface area (Å²) < 4.78 is 0. The number of allylic oxidation sites excluding steroid dienone is 2. The largest absolute Gasteiger partial charge is 0.0797 e. The molecular formula is C20H20Si. The van der Waals surface area contributed by atoms with Gasteiger partial charge in [-0.2, -0.15) is 0 Å². The van der Waals surface area contributed by atoms with Gasteiger partial charge in [-0.1, -0.05) is 60.7 Å². The molecule has 2 aliphatic carbocycles. The summed E-state index contributed by atoms with van der Waals surface area (Å²) in [6.07, 6.45) is 9.59. The van der Waals surface area contributed by atoms with Crippen molar-refractivity contribution in [2.75, 3.05) is 0 Å². The number of hydrogen-bond donors (Lipinski definition) is 0. The average Bonchev–Trinajstić information content (AvgIpc) is 3.07. The highest BCUT2D eigenvalue weighted by atomic mass is 28.2. The molecule has 2 unspecified atom stereocenters. The Morgan fingerprint density at radius 1 is 0.714 bits per heavy atom. The highest BCUT2D eigenvalue weighted by Crippen LogP contribution is 2.38. The van der Waals surface area contributed by atoms with Crippen LogP contribution in [0.5, 0.6) is 0 Å². The third-order valence-electron chi connectivity index (χ3n) is 5.01. The van der Waals surface area contributed by atoms with E-state index in [-0.39, 0.29) is 9.52 Å². The second-order valence-corrected chi connectivity index (χ2v) is 8.55. The van der Waals surface area contributed by atoms with Crippen LogP contribution in [0.1, 0.15) is 44.5 Å². The van der Waals surface area contributed by atoms with Gasteiger partial charge in [-0.05, 0) is 58.3 Å². The Labute approximate surface area is 129 Å². The molecule has 4 rings (SSSR count). The van der Waals surface area contributed by atoms with Crippen LogP contribution in [0.15, 0.2) is 48.6 Å². The van der Waals surface area contributed by atoms with Crippen molar-refractivity contribution < 1.29 is 0 Å². The Kier molecular flexibility index (Phi) is 2.97. The van der Waals surface area contributed by atoms with Crippen molar-refractivity contribution in [2.45, 2.75) is 24.9 Å². The van der Waals surface area contributed by atoms with Crippen LogP contribution < -0.4 is 0 Å². The average molecular weight is 288 g/mol. The summed E-state index contributed by atoms with van der Waals surface area (Å²) in [6, 6.07) is 13.5. The lowest BCUT2D eigenvalue weighted by atomic mass is 10.0. The number of rotatable bonds is 2. The number of aryl methyl sites for hydroxylation is 2. The van der Waals surface area contributed by atoms with Crippen molar-refractivity contribution in [1.82, 2.24) is 0 Å². The first-order valence-electron chi connectivity index (χ1n) is 7.79. The Balaban J connectivity index is 1.64. The highest BCUT2D eigenvalue weighted by Gasteiger charge is 2.25. The minimum Gasteiger partial charge on any atom is -0.0797 e. The van der Waals surface area contributed by atoms with Crippen LogP contribution in [0.2, 0.25) is 0 Å². The molecule has 0 aliphatic heterocycles. The second kappa shape index (κ2) is 4.85. The van der Waals surface area contributed by atoms with E-state index in [9.17, 15) is 0 Å². The highest BCUT2D eigenvalue weighted by molar-refractivity contribution is 6.43. The fraction of sp³-hybridized carbons (Fsp3) is 0.200. The molecule has 0 saturated heterocycles. The third kappa shape index (κ3) is 2.04. The van der Waals surface area contributed by atoms with E-state index in [1.54, 1.807) is 11.1 Å². The zero-order chi connectivity index (χ0) is 14.4. The Hall–Kier alpha value is -1.86. The molecule has 2 atom stereocenters. The molecule has 104 valence electrons. The fourth-order valence-electron chi connectivity index (χ4n) is 3.83. The van der Waals surface area contributed by atoms with Crippen molar-refractivity contribution in [3.63, 3.8) is 0 Å². The molecule has 0 saturated carbocycles. The van der Waals surface area contributed by atoms with Crippen LogP contribution in [0.4, 0.5) is 0 Å².